The van der Waals surface area contributed by atoms with Crippen molar-refractivity contribution in [3.05, 3.63) is 12.7 Å². The number of hydrogen-bond acceptors (Lipinski definition) is 7. The first-order valence-electron chi connectivity index (χ1n) is 7.99. The Labute approximate surface area is 145 Å². The van der Waals surface area contributed by atoms with Crippen LogP contribution < -0.4 is 5.32 Å². The molecule has 0 radical (unpaired) electrons. The minimum atomic E-state index is -0.945. The second kappa shape index (κ2) is 10.4. The van der Waals surface area contributed by atoms with Crippen molar-refractivity contribution in [2.75, 3.05) is 26.7 Å². The number of esters is 2. The van der Waals surface area contributed by atoms with Crippen LogP contribution in [0.15, 0.2) is 12.7 Å². The molecule has 0 unspecified atom stereocenters. The van der Waals surface area contributed by atoms with Gasteiger partial charge in [-0.25, -0.2) is 0 Å². The molecule has 0 aromatic carbocycles. The van der Waals surface area contributed by atoms with Crippen LogP contribution in [0.2, 0.25) is 0 Å². The molecule has 9 nitrogen and oxygen atoms in total. The van der Waals surface area contributed by atoms with Gasteiger partial charge in [0.1, 0.15) is 18.8 Å². The highest BCUT2D eigenvalue weighted by atomic mass is 16.5. The molecular formula is C16H24N2O7. The van der Waals surface area contributed by atoms with E-state index >= 15 is 0 Å². The van der Waals surface area contributed by atoms with Crippen LogP contribution in [0.3, 0.4) is 0 Å². The maximum absolute atomic E-state index is 11.7. The predicted octanol–water partition coefficient (Wildman–Crippen LogP) is -0.297. The second-order valence-electron chi connectivity index (χ2n) is 5.71. The van der Waals surface area contributed by atoms with Crippen molar-refractivity contribution in [1.29, 1.82) is 0 Å². The third-order valence-corrected chi connectivity index (χ3v) is 3.66. The number of likely N-dealkylation sites (tertiary alicyclic amines) is 1. The molecule has 1 rings (SSSR count). The average molecular weight is 356 g/mol. The van der Waals surface area contributed by atoms with E-state index in [1.165, 1.54) is 6.08 Å². The Morgan fingerprint density at radius 2 is 1.96 bits per heavy atom. The number of aliphatic carboxylic acids is 1. The maximum Gasteiger partial charge on any atom is 0.321 e. The molecule has 1 aliphatic rings. The first kappa shape index (κ1) is 20.6. The first-order valence-corrected chi connectivity index (χ1v) is 7.99. The zero-order chi connectivity index (χ0) is 18.8. The first-order chi connectivity index (χ1) is 11.8. The number of likely N-dealkylation sites (N-methyl/N-ethyl adjacent to an activating group) is 1. The van der Waals surface area contributed by atoms with Crippen LogP contribution in [-0.2, 0) is 28.7 Å². The number of carboxylic acids is 1. The quantitative estimate of drug-likeness (QED) is 0.404. The van der Waals surface area contributed by atoms with E-state index in [2.05, 4.69) is 11.9 Å². The lowest BCUT2D eigenvalue weighted by atomic mass is 10.2. The molecule has 1 saturated heterocycles. The SMILES string of the molecule is C=CCOC(=O)CCC(=O)NCCC(=O)O[C@@H]1C[C@@H](C(=O)O)N(C)C1. The van der Waals surface area contributed by atoms with Crippen molar-refractivity contribution in [3.8, 4) is 0 Å². The molecule has 0 aromatic rings. The largest absolute Gasteiger partial charge is 0.480 e. The van der Waals surface area contributed by atoms with Gasteiger partial charge in [0.05, 0.1) is 12.8 Å². The third-order valence-electron chi connectivity index (χ3n) is 3.66. The summed E-state index contributed by atoms with van der Waals surface area (Å²) in [5.74, 6) is -2.31. The monoisotopic (exact) mass is 356 g/mol. The number of ether oxygens (including phenoxy) is 2. The standard InChI is InChI=1S/C16H24N2O7/c1-3-8-24-14(20)5-4-13(19)17-7-6-15(21)25-11-9-12(16(22)23)18(2)10-11/h3,11-12H,1,4-10H2,2H3,(H,17,19)(H,22,23)/t11-,12+/m1/s1. The summed E-state index contributed by atoms with van der Waals surface area (Å²) >= 11 is 0. The molecule has 9 heteroatoms. The van der Waals surface area contributed by atoms with Gasteiger partial charge in [0.25, 0.3) is 0 Å². The van der Waals surface area contributed by atoms with Gasteiger partial charge in [-0.3, -0.25) is 24.1 Å². The summed E-state index contributed by atoms with van der Waals surface area (Å²) in [5, 5.41) is 11.5. The van der Waals surface area contributed by atoms with Crippen molar-refractivity contribution in [2.24, 2.45) is 0 Å². The number of rotatable bonds is 10. The van der Waals surface area contributed by atoms with Crippen LogP contribution in [0.4, 0.5) is 0 Å². The molecule has 0 bridgehead atoms. The summed E-state index contributed by atoms with van der Waals surface area (Å²) < 4.78 is 9.94. The Morgan fingerprint density at radius 1 is 1.24 bits per heavy atom. The molecular weight excluding hydrogens is 332 g/mol. The molecule has 0 saturated carbocycles. The van der Waals surface area contributed by atoms with Gasteiger partial charge in [-0.2, -0.15) is 0 Å². The molecule has 0 spiro atoms. The minimum Gasteiger partial charge on any atom is -0.480 e. The molecule has 1 heterocycles. The summed E-state index contributed by atoms with van der Waals surface area (Å²) in [6.07, 6.45) is 1.12. The zero-order valence-corrected chi connectivity index (χ0v) is 14.2. The highest BCUT2D eigenvalue weighted by molar-refractivity contribution is 5.81. The Balaban J connectivity index is 2.16. The summed E-state index contributed by atoms with van der Waals surface area (Å²) in [7, 11) is 1.66. The van der Waals surface area contributed by atoms with Crippen LogP contribution in [0.5, 0.6) is 0 Å². The van der Waals surface area contributed by atoms with E-state index in [4.69, 9.17) is 14.6 Å². The Kier molecular flexibility index (Phi) is 8.62. The van der Waals surface area contributed by atoms with Crippen LogP contribution in [-0.4, -0.2) is 72.7 Å². The Morgan fingerprint density at radius 3 is 2.56 bits per heavy atom. The lowest BCUT2D eigenvalue weighted by Crippen LogP contribution is -2.32. The summed E-state index contributed by atoms with van der Waals surface area (Å²) in [6, 6.07) is -0.654. The highest BCUT2D eigenvalue weighted by Crippen LogP contribution is 2.19. The third kappa shape index (κ3) is 7.79. The fourth-order valence-electron chi connectivity index (χ4n) is 2.40. The molecule has 2 atom stereocenters. The molecule has 140 valence electrons. The molecule has 1 aliphatic heterocycles. The summed E-state index contributed by atoms with van der Waals surface area (Å²) in [5.41, 5.74) is 0. The van der Waals surface area contributed by atoms with Crippen LogP contribution in [0.1, 0.15) is 25.7 Å². The summed E-state index contributed by atoms with van der Waals surface area (Å²) in [4.78, 5) is 47.1. The van der Waals surface area contributed by atoms with E-state index < -0.39 is 30.1 Å². The van der Waals surface area contributed by atoms with E-state index in [0.717, 1.165) is 0 Å². The van der Waals surface area contributed by atoms with Gasteiger partial charge in [0.15, 0.2) is 0 Å². The van der Waals surface area contributed by atoms with Gasteiger partial charge in [-0.1, -0.05) is 12.7 Å². The van der Waals surface area contributed by atoms with E-state index in [9.17, 15) is 19.2 Å². The van der Waals surface area contributed by atoms with Crippen LogP contribution in [0, 0.1) is 0 Å². The Hall–Kier alpha value is -2.42. The van der Waals surface area contributed by atoms with Crippen molar-refractivity contribution in [1.82, 2.24) is 10.2 Å². The number of nitrogens with one attached hydrogen (secondary N) is 1. The predicted molar refractivity (Wildman–Crippen MR) is 86.6 cm³/mol. The van der Waals surface area contributed by atoms with Gasteiger partial charge in [0, 0.05) is 25.9 Å². The highest BCUT2D eigenvalue weighted by Gasteiger charge is 2.36. The van der Waals surface area contributed by atoms with Crippen molar-refractivity contribution in [3.63, 3.8) is 0 Å². The minimum absolute atomic E-state index is 0.0232. The van der Waals surface area contributed by atoms with E-state index in [0.29, 0.717) is 6.54 Å². The molecule has 1 amide bonds. The second-order valence-corrected chi connectivity index (χ2v) is 5.71. The van der Waals surface area contributed by atoms with Gasteiger partial charge < -0.3 is 19.9 Å². The number of nitrogens with zero attached hydrogens (tertiary/aromatic N) is 1. The van der Waals surface area contributed by atoms with Crippen molar-refractivity contribution < 1.29 is 33.8 Å². The van der Waals surface area contributed by atoms with Crippen molar-refractivity contribution in [2.45, 2.75) is 37.8 Å². The lowest BCUT2D eigenvalue weighted by molar-refractivity contribution is -0.149. The average Bonchev–Trinajstić information content (AvgIpc) is 2.91. The molecule has 2 N–H and O–H groups in total. The number of carbonyl (C=O) groups excluding carboxylic acids is 3. The smallest absolute Gasteiger partial charge is 0.321 e. The van der Waals surface area contributed by atoms with E-state index in [1.54, 1.807) is 11.9 Å². The number of hydrogen-bond donors (Lipinski definition) is 2. The van der Waals surface area contributed by atoms with Crippen LogP contribution >= 0.6 is 0 Å². The molecule has 0 aliphatic carbocycles. The van der Waals surface area contributed by atoms with Gasteiger partial charge in [-0.15, -0.1) is 0 Å². The maximum atomic E-state index is 11.7. The number of carboxylic acid groups (broad SMARTS) is 1. The Bertz CT molecular complexity index is 521. The molecule has 1 fully saturated rings. The fraction of sp³-hybridized carbons (Fsp3) is 0.625. The topological polar surface area (TPSA) is 122 Å². The fourth-order valence-corrected chi connectivity index (χ4v) is 2.40. The normalized spacial score (nSPS) is 19.9. The van der Waals surface area contributed by atoms with Gasteiger partial charge in [0.2, 0.25) is 5.91 Å². The lowest BCUT2D eigenvalue weighted by Gasteiger charge is -2.13. The van der Waals surface area contributed by atoms with E-state index in [1.807, 2.05) is 0 Å². The van der Waals surface area contributed by atoms with Gasteiger partial charge in [-0.05, 0) is 7.05 Å². The summed E-state index contributed by atoms with van der Waals surface area (Å²) in [6.45, 7) is 3.96. The molecule has 0 aromatic heterocycles. The number of carbonyl (C=O) groups is 4. The van der Waals surface area contributed by atoms with Gasteiger partial charge >= 0.3 is 17.9 Å². The zero-order valence-electron chi connectivity index (χ0n) is 14.2. The van der Waals surface area contributed by atoms with Crippen LogP contribution in [0.25, 0.3) is 0 Å². The molecule has 25 heavy (non-hydrogen) atoms. The van der Waals surface area contributed by atoms with Crippen molar-refractivity contribution >= 4 is 23.8 Å². The van der Waals surface area contributed by atoms with E-state index in [-0.39, 0.29) is 44.7 Å². The number of amides is 1.